The molecule has 6 rings (SSSR count). The summed E-state index contributed by atoms with van der Waals surface area (Å²) in [5.41, 5.74) is 0.439. The monoisotopic (exact) mass is 585 g/mol. The maximum atomic E-state index is 13.2. The van der Waals surface area contributed by atoms with Crippen molar-refractivity contribution in [1.29, 1.82) is 0 Å². The average molecular weight is 586 g/mol. The van der Waals surface area contributed by atoms with Gasteiger partial charge in [-0.05, 0) is 47.8 Å². The van der Waals surface area contributed by atoms with E-state index in [1.54, 1.807) is 12.1 Å². The van der Waals surface area contributed by atoms with E-state index in [4.69, 9.17) is 18.6 Å². The summed E-state index contributed by atoms with van der Waals surface area (Å²) in [6.07, 6.45) is -0.474. The summed E-state index contributed by atoms with van der Waals surface area (Å²) in [6.45, 7) is 11.4. The number of aryl methyl sites for hydroxylation is 1. The molecular formula is C33H39N3O5Si. The molecule has 2 fully saturated rings. The van der Waals surface area contributed by atoms with E-state index in [-0.39, 0.29) is 28.7 Å². The maximum Gasteiger partial charge on any atom is 0.277 e. The molecule has 3 heterocycles. The molecule has 0 N–H and O–H groups in total. The van der Waals surface area contributed by atoms with Crippen molar-refractivity contribution >= 4 is 29.6 Å². The van der Waals surface area contributed by atoms with E-state index in [0.29, 0.717) is 30.5 Å². The quantitative estimate of drug-likeness (QED) is 0.286. The van der Waals surface area contributed by atoms with E-state index in [9.17, 15) is 4.79 Å². The number of aromatic nitrogens is 3. The van der Waals surface area contributed by atoms with E-state index >= 15 is 0 Å². The molecule has 42 heavy (non-hydrogen) atoms. The van der Waals surface area contributed by atoms with Crippen molar-refractivity contribution in [3.05, 3.63) is 95.3 Å². The van der Waals surface area contributed by atoms with Gasteiger partial charge in [-0.1, -0.05) is 98.8 Å². The lowest BCUT2D eigenvalue weighted by atomic mass is 9.95. The third kappa shape index (κ3) is 5.24. The van der Waals surface area contributed by atoms with Gasteiger partial charge in [-0.2, -0.15) is 0 Å². The molecule has 8 nitrogen and oxygen atoms in total. The van der Waals surface area contributed by atoms with Crippen LogP contribution in [0.2, 0.25) is 5.04 Å². The van der Waals surface area contributed by atoms with E-state index in [1.807, 2.05) is 38.1 Å². The van der Waals surface area contributed by atoms with Gasteiger partial charge in [-0.25, -0.2) is 4.68 Å². The molecule has 3 aromatic carbocycles. The van der Waals surface area contributed by atoms with Crippen LogP contribution in [0.5, 0.6) is 0 Å². The lowest BCUT2D eigenvalue weighted by molar-refractivity contribution is -0.213. The Hall–Kier alpha value is -3.21. The van der Waals surface area contributed by atoms with Crippen LogP contribution >= 0.6 is 0 Å². The fraction of sp³-hybridized carbons (Fsp3) is 0.424. The largest absolute Gasteiger partial charge is 0.405 e. The van der Waals surface area contributed by atoms with Gasteiger partial charge in [0.2, 0.25) is 0 Å². The fourth-order valence-corrected chi connectivity index (χ4v) is 11.1. The standard InChI is InChI=1S/C33H39N3O5Si/c1-32(2,3)42(23-14-8-6-9-15-23,24-16-10-7-11-17-24)38-22-28-26(29-31(39-28)41-33(4,5)40-29)20-21-36-30(37)25-18-12-13-19-27(25)34-35-36/h6-19,26,28-29,31H,20-22H2,1-5H3/t26-,28-,29-,31-/m0/s1. The van der Waals surface area contributed by atoms with Gasteiger partial charge in [0.25, 0.3) is 13.9 Å². The van der Waals surface area contributed by atoms with E-state index in [2.05, 4.69) is 79.6 Å². The molecule has 4 aromatic rings. The van der Waals surface area contributed by atoms with Gasteiger partial charge in [-0.15, -0.1) is 5.10 Å². The lowest BCUT2D eigenvalue weighted by Crippen LogP contribution is -2.67. The second kappa shape index (κ2) is 11.1. The smallest absolute Gasteiger partial charge is 0.277 e. The van der Waals surface area contributed by atoms with E-state index in [0.717, 1.165) is 0 Å². The van der Waals surface area contributed by atoms with Gasteiger partial charge in [0.05, 0.1) is 18.1 Å². The number of ether oxygens (including phenoxy) is 3. The Kier molecular flexibility index (Phi) is 7.65. The van der Waals surface area contributed by atoms with Crippen LogP contribution in [0.15, 0.2) is 89.7 Å². The van der Waals surface area contributed by atoms with Crippen LogP contribution in [-0.2, 0) is 25.2 Å². The SMILES string of the molecule is CC1(C)O[C@@H]2O[C@@H](CO[Si](c3ccccc3)(c3ccccc3)C(C)(C)C)[C@H](CCn3nnc4ccccc4c3=O)[C@@H]2O1. The molecular weight excluding hydrogens is 546 g/mol. The van der Waals surface area contributed by atoms with E-state index in [1.165, 1.54) is 15.1 Å². The van der Waals surface area contributed by atoms with Crippen LogP contribution in [0, 0.1) is 5.92 Å². The van der Waals surface area contributed by atoms with Crippen molar-refractivity contribution in [2.75, 3.05) is 6.61 Å². The fourth-order valence-electron chi connectivity index (χ4n) is 6.56. The van der Waals surface area contributed by atoms with Gasteiger partial charge in [0.1, 0.15) is 11.6 Å². The number of nitrogens with zero attached hydrogens (tertiary/aromatic N) is 3. The second-order valence-corrected chi connectivity index (χ2v) is 17.0. The molecule has 1 aromatic heterocycles. The predicted octanol–water partition coefficient (Wildman–Crippen LogP) is 4.25. The Morgan fingerprint density at radius 2 is 1.52 bits per heavy atom. The first-order valence-electron chi connectivity index (χ1n) is 14.7. The molecule has 0 radical (unpaired) electrons. The van der Waals surface area contributed by atoms with Crippen LogP contribution in [0.4, 0.5) is 0 Å². The summed E-state index contributed by atoms with van der Waals surface area (Å²) < 4.78 is 27.7. The maximum absolute atomic E-state index is 13.2. The zero-order valence-corrected chi connectivity index (χ0v) is 25.9. The number of hydrogen-bond acceptors (Lipinski definition) is 7. The van der Waals surface area contributed by atoms with Crippen molar-refractivity contribution in [3.8, 4) is 0 Å². The highest BCUT2D eigenvalue weighted by Crippen LogP contribution is 2.43. The molecule has 4 atom stereocenters. The summed E-state index contributed by atoms with van der Waals surface area (Å²) >= 11 is 0. The third-order valence-electron chi connectivity index (χ3n) is 8.48. The van der Waals surface area contributed by atoms with Gasteiger partial charge in [0.15, 0.2) is 12.1 Å². The Morgan fingerprint density at radius 1 is 0.905 bits per heavy atom. The minimum atomic E-state index is -2.78. The Morgan fingerprint density at radius 3 is 2.17 bits per heavy atom. The van der Waals surface area contributed by atoms with Crippen LogP contribution in [-0.4, -0.2) is 54.2 Å². The molecule has 220 valence electrons. The van der Waals surface area contributed by atoms with Gasteiger partial charge in [-0.3, -0.25) is 4.79 Å². The van der Waals surface area contributed by atoms with Crippen LogP contribution < -0.4 is 15.9 Å². The first-order valence-corrected chi connectivity index (χ1v) is 16.6. The van der Waals surface area contributed by atoms with Gasteiger partial charge in [0, 0.05) is 12.5 Å². The van der Waals surface area contributed by atoms with Crippen molar-refractivity contribution < 1.29 is 18.6 Å². The third-order valence-corrected chi connectivity index (χ3v) is 13.5. The van der Waals surface area contributed by atoms with Crippen molar-refractivity contribution in [2.24, 2.45) is 5.92 Å². The molecule has 0 saturated carbocycles. The summed E-state index contributed by atoms with van der Waals surface area (Å²) in [7, 11) is -2.78. The van der Waals surface area contributed by atoms with E-state index < -0.39 is 20.4 Å². The predicted molar refractivity (Wildman–Crippen MR) is 164 cm³/mol. The molecule has 0 aliphatic carbocycles. The first-order chi connectivity index (χ1) is 20.1. The zero-order valence-electron chi connectivity index (χ0n) is 24.9. The summed E-state index contributed by atoms with van der Waals surface area (Å²) in [6, 6.07) is 28.4. The van der Waals surface area contributed by atoms with Crippen LogP contribution in [0.1, 0.15) is 41.0 Å². The Bertz CT molecular complexity index is 1550. The molecule has 0 amide bonds. The van der Waals surface area contributed by atoms with Crippen LogP contribution in [0.25, 0.3) is 10.9 Å². The highest BCUT2D eigenvalue weighted by Gasteiger charge is 2.56. The first kappa shape index (κ1) is 28.9. The average Bonchev–Trinajstić information content (AvgIpc) is 3.44. The normalized spacial score (nSPS) is 23.7. The number of rotatable bonds is 8. The molecule has 9 heteroatoms. The Balaban J connectivity index is 1.31. The summed E-state index contributed by atoms with van der Waals surface area (Å²) in [4.78, 5) is 13.2. The van der Waals surface area contributed by atoms with Crippen molar-refractivity contribution in [2.45, 2.75) is 76.9 Å². The molecule has 2 saturated heterocycles. The minimum absolute atomic E-state index is 0.0739. The number of hydrogen-bond donors (Lipinski definition) is 0. The molecule has 2 aliphatic heterocycles. The topological polar surface area (TPSA) is 84.7 Å². The molecule has 2 aliphatic rings. The zero-order chi connectivity index (χ0) is 29.5. The Labute approximate surface area is 247 Å². The number of benzene rings is 3. The highest BCUT2D eigenvalue weighted by molar-refractivity contribution is 6.99. The minimum Gasteiger partial charge on any atom is -0.405 e. The van der Waals surface area contributed by atoms with Crippen LogP contribution in [0.3, 0.4) is 0 Å². The van der Waals surface area contributed by atoms with Crippen molar-refractivity contribution in [3.63, 3.8) is 0 Å². The highest BCUT2D eigenvalue weighted by atomic mass is 28.4. The molecule has 0 spiro atoms. The lowest BCUT2D eigenvalue weighted by Gasteiger charge is -2.43. The van der Waals surface area contributed by atoms with Gasteiger partial charge >= 0.3 is 0 Å². The molecule has 0 bridgehead atoms. The summed E-state index contributed by atoms with van der Waals surface area (Å²) in [5.74, 6) is -0.827. The van der Waals surface area contributed by atoms with Crippen molar-refractivity contribution in [1.82, 2.24) is 15.0 Å². The second-order valence-electron chi connectivity index (χ2n) is 12.7. The summed E-state index contributed by atoms with van der Waals surface area (Å²) in [5, 5.41) is 11.3. The number of fused-ring (bicyclic) bond motifs is 2. The van der Waals surface area contributed by atoms with Gasteiger partial charge < -0.3 is 18.6 Å². The molecule has 0 unspecified atom stereocenters.